The first-order valence-corrected chi connectivity index (χ1v) is 36.7. The highest BCUT2D eigenvalue weighted by atomic mass is 16.6. The lowest BCUT2D eigenvalue weighted by Gasteiger charge is -2.25. The Morgan fingerprint density at radius 1 is 0.307 bits per heavy atom. The Morgan fingerprint density at radius 3 is 0.733 bits per heavy atom. The van der Waals surface area contributed by atoms with Crippen LogP contribution in [0.15, 0.2) is 97.1 Å². The van der Waals surface area contributed by atoms with Crippen molar-refractivity contribution in [3.05, 3.63) is 164 Å². The minimum Gasteiger partial charge on any atom is -0.493 e. The average molecular weight is 1400 g/mol. The average Bonchev–Trinajstić information content (AvgIpc) is 0.778. The third-order valence-corrected chi connectivity index (χ3v) is 17.1. The molecule has 0 unspecified atom stereocenters. The summed E-state index contributed by atoms with van der Waals surface area (Å²) in [6.45, 7) is 15.2. The van der Waals surface area contributed by atoms with E-state index in [1.54, 1.807) is 6.92 Å². The van der Waals surface area contributed by atoms with Crippen LogP contribution >= 0.6 is 0 Å². The molecule has 0 fully saturated rings. The van der Waals surface area contributed by atoms with Crippen molar-refractivity contribution in [2.45, 2.75) is 214 Å². The summed E-state index contributed by atoms with van der Waals surface area (Å²) < 4.78 is 64.9. The zero-order valence-electron chi connectivity index (χ0n) is 61.6. The van der Waals surface area contributed by atoms with E-state index in [1.165, 1.54) is 21.3 Å². The van der Waals surface area contributed by atoms with E-state index in [9.17, 15) is 33.6 Å². The molecule has 0 saturated carbocycles. The Balaban J connectivity index is 1.89. The van der Waals surface area contributed by atoms with Gasteiger partial charge in [-0.15, -0.1) is 0 Å². The molecule has 5 rings (SSSR count). The maximum absolute atomic E-state index is 12.8. The van der Waals surface area contributed by atoms with Crippen LogP contribution in [0.4, 0.5) is 0 Å². The second kappa shape index (κ2) is 48.2. The summed E-state index contributed by atoms with van der Waals surface area (Å²) in [5.41, 5.74) is 12.4. The molecule has 0 radical (unpaired) electrons. The van der Waals surface area contributed by atoms with Gasteiger partial charge in [0.15, 0.2) is 0 Å². The van der Waals surface area contributed by atoms with Gasteiger partial charge in [0.2, 0.25) is 0 Å². The molecule has 18 heteroatoms. The van der Waals surface area contributed by atoms with Crippen LogP contribution in [-0.4, -0.2) is 116 Å². The lowest BCUT2D eigenvalue weighted by atomic mass is 9.87. The number of fused-ring (bicyclic) bond motifs is 8. The molecule has 1 aliphatic rings. The SMILES string of the molecule is C=C(C)C(=O)OCCCOc1c2cc(CCCCCC)cc1Cc1cc(CCCCCC)cc(c1OCCCOC(=O)/C=C\C(=O)OC)Cc1cc(CCCCCC)cc(c1OCCCOC(=O)/C=C\C(=O)OC)Cc1cc(CCCCCC)cc(c1OCCCOC(=O)/C=C\C(=O)OC)C2. The first-order valence-electron chi connectivity index (χ1n) is 36.7. The van der Waals surface area contributed by atoms with Crippen molar-refractivity contribution in [1.29, 1.82) is 0 Å². The van der Waals surface area contributed by atoms with Crippen molar-refractivity contribution in [3.8, 4) is 23.0 Å². The Labute approximate surface area is 600 Å². The molecule has 4 aromatic carbocycles. The minimum atomic E-state index is -0.690. The quantitative estimate of drug-likeness (QED) is 0.0153. The summed E-state index contributed by atoms with van der Waals surface area (Å²) in [5.74, 6) is -1.80. The molecule has 1 aliphatic carbocycles. The highest BCUT2D eigenvalue weighted by Gasteiger charge is 2.26. The van der Waals surface area contributed by atoms with Crippen LogP contribution in [0.2, 0.25) is 0 Å². The predicted molar refractivity (Wildman–Crippen MR) is 391 cm³/mol. The largest absolute Gasteiger partial charge is 0.493 e. The van der Waals surface area contributed by atoms with Gasteiger partial charge in [0.25, 0.3) is 0 Å². The van der Waals surface area contributed by atoms with Crippen molar-refractivity contribution in [2.75, 3.05) is 74.2 Å². The number of ether oxygens (including phenoxy) is 11. The summed E-state index contributed by atoms with van der Waals surface area (Å²) in [5, 5.41) is 0. The van der Waals surface area contributed by atoms with Crippen molar-refractivity contribution in [2.24, 2.45) is 0 Å². The van der Waals surface area contributed by atoms with Gasteiger partial charge in [-0.25, -0.2) is 33.6 Å². The lowest BCUT2D eigenvalue weighted by molar-refractivity contribution is -0.139. The second-order valence-electron chi connectivity index (χ2n) is 25.7. The molecule has 0 aliphatic heterocycles. The first-order chi connectivity index (χ1) is 49.0. The fourth-order valence-electron chi connectivity index (χ4n) is 12.0. The van der Waals surface area contributed by atoms with Gasteiger partial charge in [0, 0.05) is 93.4 Å². The minimum absolute atomic E-state index is 0.00982. The molecule has 0 saturated heterocycles. The summed E-state index contributed by atoms with van der Waals surface area (Å²) in [7, 11) is 3.70. The Bertz CT molecular complexity index is 3230. The van der Waals surface area contributed by atoms with E-state index in [0.29, 0.717) is 79.9 Å². The van der Waals surface area contributed by atoms with Gasteiger partial charge in [0.1, 0.15) is 23.0 Å². The number of benzene rings is 4. The normalized spacial score (nSPS) is 11.9. The standard InChI is InChI=1S/C83H112O18/c1-10-14-18-22-30-61-48-65-56-67-50-62(31-23-19-15-11-2)52-69(80(67)98-44-27-41-95-77(88)38-35-74(85)92-8)58-71-54-64(33-25-21-17-13-4)55-72(82(71)100-46-29-47-101-83(90)60(5)6)59-70-53-63(32-24-20-16-12-3)51-68(81(70)99-45-28-42-96-78(89)39-36-75(86)93-9)57-66(49-61)79(65)97-43-26-40-94-76(87)37-34-73(84)91-7/h34-39,48-55H,5,10-33,40-47,56-59H2,1-4,6-9H3/b37-34-,38-35-,39-36-. The fourth-order valence-corrected chi connectivity index (χ4v) is 12.0. The molecule has 0 spiro atoms. The molecule has 8 bridgehead atoms. The first kappa shape index (κ1) is 83.0. The van der Waals surface area contributed by atoms with Gasteiger partial charge in [-0.2, -0.15) is 0 Å². The van der Waals surface area contributed by atoms with E-state index < -0.39 is 41.8 Å². The predicted octanol–water partition coefficient (Wildman–Crippen LogP) is 15.9. The third-order valence-electron chi connectivity index (χ3n) is 17.1. The van der Waals surface area contributed by atoms with Crippen molar-refractivity contribution in [1.82, 2.24) is 0 Å². The number of rotatable bonds is 47. The molecule has 101 heavy (non-hydrogen) atoms. The third kappa shape index (κ3) is 31.4. The van der Waals surface area contributed by atoms with Crippen LogP contribution in [0.1, 0.15) is 230 Å². The summed E-state index contributed by atoms with van der Waals surface area (Å²) >= 11 is 0. The monoisotopic (exact) mass is 1400 g/mol. The van der Waals surface area contributed by atoms with E-state index in [-0.39, 0.29) is 52.9 Å². The maximum Gasteiger partial charge on any atom is 0.333 e. The number of carbonyl (C=O) groups excluding carboxylic acids is 7. The molecule has 0 atom stereocenters. The van der Waals surface area contributed by atoms with Gasteiger partial charge in [0.05, 0.1) is 74.2 Å². The van der Waals surface area contributed by atoms with Crippen LogP contribution in [-0.2, 0) is 118 Å². The van der Waals surface area contributed by atoms with Crippen molar-refractivity contribution < 1.29 is 85.7 Å². The van der Waals surface area contributed by atoms with Gasteiger partial charge in [-0.3, -0.25) is 0 Å². The zero-order chi connectivity index (χ0) is 73.0. The Hall–Kier alpha value is -8.67. The topological polar surface area (TPSA) is 221 Å². The summed E-state index contributed by atoms with van der Waals surface area (Å²) in [6.07, 6.45) is 29.3. The summed E-state index contributed by atoms with van der Waals surface area (Å²) in [6, 6.07) is 18.2. The molecule has 4 aromatic rings. The second-order valence-corrected chi connectivity index (χ2v) is 25.7. The van der Waals surface area contributed by atoms with E-state index >= 15 is 0 Å². The van der Waals surface area contributed by atoms with Gasteiger partial charge in [-0.05, 0) is 125 Å². The maximum atomic E-state index is 12.8. The molecule has 0 amide bonds. The van der Waals surface area contributed by atoms with Crippen LogP contribution in [0, 0.1) is 0 Å². The number of methoxy groups -OCH3 is 3. The number of aryl methyl sites for hydroxylation is 4. The van der Waals surface area contributed by atoms with Gasteiger partial charge < -0.3 is 52.1 Å². The molecule has 0 aromatic heterocycles. The van der Waals surface area contributed by atoms with Crippen molar-refractivity contribution in [3.63, 3.8) is 0 Å². The zero-order valence-corrected chi connectivity index (χ0v) is 61.6. The molecular weight excluding hydrogens is 1280 g/mol. The van der Waals surface area contributed by atoms with Crippen LogP contribution in [0.25, 0.3) is 0 Å². The molecule has 18 nitrogen and oxygen atoms in total. The van der Waals surface area contributed by atoms with Crippen LogP contribution in [0.3, 0.4) is 0 Å². The van der Waals surface area contributed by atoms with Crippen LogP contribution in [0.5, 0.6) is 23.0 Å². The smallest absolute Gasteiger partial charge is 0.333 e. The number of unbranched alkanes of at least 4 members (excludes halogenated alkanes) is 12. The van der Waals surface area contributed by atoms with E-state index in [2.05, 4.69) is 97.0 Å². The molecule has 0 N–H and O–H groups in total. The van der Waals surface area contributed by atoms with Gasteiger partial charge >= 0.3 is 41.8 Å². The molecule has 0 heterocycles. The van der Waals surface area contributed by atoms with Gasteiger partial charge in [-0.1, -0.05) is 160 Å². The van der Waals surface area contributed by atoms with E-state index in [4.69, 9.17) is 37.9 Å². The van der Waals surface area contributed by atoms with E-state index in [0.717, 1.165) is 232 Å². The van der Waals surface area contributed by atoms with Crippen LogP contribution < -0.4 is 18.9 Å². The highest BCUT2D eigenvalue weighted by molar-refractivity contribution is 5.93. The number of carbonyl (C=O) groups is 7. The van der Waals surface area contributed by atoms with E-state index in [1.807, 2.05) is 0 Å². The fraction of sp³-hybridized carbons (Fsp3) is 0.530. The molecule has 552 valence electrons. The number of hydrogen-bond donors (Lipinski definition) is 0. The Kier molecular flexibility index (Phi) is 39.6. The Morgan fingerprint density at radius 2 is 0.525 bits per heavy atom. The number of hydrogen-bond acceptors (Lipinski definition) is 18. The lowest BCUT2D eigenvalue weighted by Crippen LogP contribution is -2.14. The summed E-state index contributed by atoms with van der Waals surface area (Å²) in [4.78, 5) is 86.6. The van der Waals surface area contributed by atoms with Crippen molar-refractivity contribution >= 4 is 41.8 Å². The highest BCUT2D eigenvalue weighted by Crippen LogP contribution is 2.42. The number of esters is 7. The molecular formula is C83H112O18.